The minimum Gasteiger partial charge on any atom is -0.476 e. The van der Waals surface area contributed by atoms with Crippen LogP contribution in [0.5, 0.6) is 0 Å². The molecule has 112 valence electrons. The first-order chi connectivity index (χ1) is 9.81. The Morgan fingerprint density at radius 2 is 2.24 bits per heavy atom. The summed E-state index contributed by atoms with van der Waals surface area (Å²) in [5, 5.41) is 24.8. The van der Waals surface area contributed by atoms with Gasteiger partial charge in [-0.05, 0) is 16.8 Å². The Morgan fingerprint density at radius 1 is 1.57 bits per heavy atom. The van der Waals surface area contributed by atoms with Crippen molar-refractivity contribution >= 4 is 28.9 Å². The topological polar surface area (TPSA) is 123 Å². The number of nitrogens with one attached hydrogen (secondary N) is 1. The van der Waals surface area contributed by atoms with Crippen LogP contribution in [0, 0.1) is 17.0 Å². The molecule has 0 aliphatic carbocycles. The Kier molecular flexibility index (Phi) is 3.89. The SMILES string of the molecule is Cc1nc([N+](=O)[O-])c(NC(C)c2nc(C(=O)O)cs2)n1C. The summed E-state index contributed by atoms with van der Waals surface area (Å²) in [6.45, 7) is 3.41. The highest BCUT2D eigenvalue weighted by Gasteiger charge is 2.26. The van der Waals surface area contributed by atoms with Crippen LogP contribution >= 0.6 is 11.3 Å². The average Bonchev–Trinajstić information content (AvgIpc) is 2.99. The first-order valence-corrected chi connectivity index (χ1v) is 6.82. The van der Waals surface area contributed by atoms with Crippen molar-refractivity contribution in [2.45, 2.75) is 19.9 Å². The van der Waals surface area contributed by atoms with Gasteiger partial charge in [-0.1, -0.05) is 0 Å². The number of nitro groups is 1. The third-order valence-electron chi connectivity index (χ3n) is 2.94. The fourth-order valence-corrected chi connectivity index (χ4v) is 2.53. The number of aryl methyl sites for hydroxylation is 1. The average molecular weight is 311 g/mol. The van der Waals surface area contributed by atoms with Gasteiger partial charge >= 0.3 is 11.8 Å². The lowest BCUT2D eigenvalue weighted by atomic mass is 10.3. The second-order valence-electron chi connectivity index (χ2n) is 4.39. The number of hydrogen-bond donors (Lipinski definition) is 2. The zero-order valence-corrected chi connectivity index (χ0v) is 12.3. The van der Waals surface area contributed by atoms with Crippen molar-refractivity contribution < 1.29 is 14.8 Å². The van der Waals surface area contributed by atoms with E-state index < -0.39 is 10.9 Å². The first-order valence-electron chi connectivity index (χ1n) is 5.94. The molecule has 0 amide bonds. The standard InChI is InChI=1S/C11H13N5O4S/c1-5(10-14-7(4-21-10)11(17)18)12-8-9(16(19)20)13-6(2)15(8)3/h4-5,12H,1-3H3,(H,17,18). The molecule has 0 radical (unpaired) electrons. The molecule has 2 aromatic rings. The predicted molar refractivity (Wildman–Crippen MR) is 75.7 cm³/mol. The van der Waals surface area contributed by atoms with Gasteiger partial charge in [-0.3, -0.25) is 4.57 Å². The lowest BCUT2D eigenvalue weighted by Gasteiger charge is -2.12. The van der Waals surface area contributed by atoms with E-state index in [-0.39, 0.29) is 23.4 Å². The molecule has 0 aromatic carbocycles. The Labute approximate surface area is 123 Å². The maximum Gasteiger partial charge on any atom is 0.406 e. The molecule has 9 nitrogen and oxygen atoms in total. The first kappa shape index (κ1) is 14.9. The van der Waals surface area contributed by atoms with E-state index >= 15 is 0 Å². The molecule has 0 saturated carbocycles. The van der Waals surface area contributed by atoms with E-state index in [1.807, 2.05) is 0 Å². The maximum absolute atomic E-state index is 11.0. The summed E-state index contributed by atoms with van der Waals surface area (Å²) in [7, 11) is 1.66. The van der Waals surface area contributed by atoms with E-state index in [0.717, 1.165) is 0 Å². The number of imidazole rings is 1. The molecule has 21 heavy (non-hydrogen) atoms. The molecular formula is C11H13N5O4S. The molecule has 0 saturated heterocycles. The number of hydrogen-bond acceptors (Lipinski definition) is 7. The summed E-state index contributed by atoms with van der Waals surface area (Å²) in [6, 6.07) is -0.378. The molecule has 0 aliphatic heterocycles. The monoisotopic (exact) mass is 311 g/mol. The van der Waals surface area contributed by atoms with Crippen LogP contribution in [0.15, 0.2) is 5.38 Å². The van der Waals surface area contributed by atoms with Crippen LogP contribution in [0.3, 0.4) is 0 Å². The van der Waals surface area contributed by atoms with Gasteiger partial charge in [0.25, 0.3) is 0 Å². The molecule has 2 N–H and O–H groups in total. The van der Waals surface area contributed by atoms with Crippen LogP contribution in [0.25, 0.3) is 0 Å². The van der Waals surface area contributed by atoms with Crippen molar-refractivity contribution in [3.8, 4) is 0 Å². The number of carboxylic acid groups (broad SMARTS) is 1. The van der Waals surface area contributed by atoms with Gasteiger partial charge in [-0.15, -0.1) is 11.3 Å². The van der Waals surface area contributed by atoms with E-state index in [0.29, 0.717) is 10.8 Å². The van der Waals surface area contributed by atoms with Gasteiger partial charge in [0.2, 0.25) is 11.6 Å². The van der Waals surface area contributed by atoms with E-state index in [2.05, 4.69) is 15.3 Å². The third kappa shape index (κ3) is 2.84. The molecule has 2 aromatic heterocycles. The van der Waals surface area contributed by atoms with Crippen LogP contribution in [0.2, 0.25) is 0 Å². The van der Waals surface area contributed by atoms with Crippen molar-refractivity contribution in [2.24, 2.45) is 7.05 Å². The van der Waals surface area contributed by atoms with E-state index in [1.165, 1.54) is 16.7 Å². The smallest absolute Gasteiger partial charge is 0.406 e. The number of aromatic nitrogens is 3. The number of carbonyl (C=O) groups is 1. The summed E-state index contributed by atoms with van der Waals surface area (Å²) in [4.78, 5) is 29.1. The lowest BCUT2D eigenvalue weighted by Crippen LogP contribution is -2.11. The molecule has 0 spiro atoms. The van der Waals surface area contributed by atoms with E-state index in [9.17, 15) is 14.9 Å². The van der Waals surface area contributed by atoms with E-state index in [4.69, 9.17) is 5.11 Å². The fourth-order valence-electron chi connectivity index (χ4n) is 1.73. The summed E-state index contributed by atoms with van der Waals surface area (Å²) < 4.78 is 1.57. The van der Waals surface area contributed by atoms with Crippen LogP contribution in [-0.4, -0.2) is 30.5 Å². The van der Waals surface area contributed by atoms with Crippen molar-refractivity contribution in [3.05, 3.63) is 32.0 Å². The van der Waals surface area contributed by atoms with Gasteiger partial charge in [0.15, 0.2) is 5.69 Å². The van der Waals surface area contributed by atoms with Gasteiger partial charge in [0, 0.05) is 19.4 Å². The quantitative estimate of drug-likeness (QED) is 0.639. The number of carboxylic acids is 1. The molecule has 2 heterocycles. The number of rotatable bonds is 5. The van der Waals surface area contributed by atoms with Gasteiger partial charge in [0.05, 0.1) is 6.04 Å². The predicted octanol–water partition coefficient (Wildman–Crippen LogP) is 1.96. The molecule has 1 unspecified atom stereocenters. The minimum atomic E-state index is -1.10. The number of thiazole rings is 1. The highest BCUT2D eigenvalue weighted by molar-refractivity contribution is 7.09. The fraction of sp³-hybridized carbons (Fsp3) is 0.364. The zero-order chi connectivity index (χ0) is 15.7. The summed E-state index contributed by atoms with van der Waals surface area (Å²) >= 11 is 1.18. The van der Waals surface area contributed by atoms with Crippen molar-refractivity contribution in [2.75, 3.05) is 5.32 Å². The number of nitrogens with zero attached hydrogens (tertiary/aromatic N) is 4. The summed E-state index contributed by atoms with van der Waals surface area (Å²) in [6.07, 6.45) is 0. The van der Waals surface area contributed by atoms with E-state index in [1.54, 1.807) is 25.5 Å². The normalized spacial score (nSPS) is 12.1. The van der Waals surface area contributed by atoms with Crippen LogP contribution in [-0.2, 0) is 7.05 Å². The van der Waals surface area contributed by atoms with Gasteiger partial charge < -0.3 is 20.5 Å². The highest BCUT2D eigenvalue weighted by atomic mass is 32.1. The lowest BCUT2D eigenvalue weighted by molar-refractivity contribution is -0.388. The van der Waals surface area contributed by atoms with Crippen LogP contribution < -0.4 is 5.32 Å². The van der Waals surface area contributed by atoms with Gasteiger partial charge in [0.1, 0.15) is 5.01 Å². The molecular weight excluding hydrogens is 298 g/mol. The van der Waals surface area contributed by atoms with Crippen molar-refractivity contribution in [1.29, 1.82) is 0 Å². The maximum atomic E-state index is 11.0. The molecule has 0 aliphatic rings. The second kappa shape index (κ2) is 5.48. The Morgan fingerprint density at radius 3 is 2.76 bits per heavy atom. The van der Waals surface area contributed by atoms with Crippen LogP contribution in [0.1, 0.15) is 34.3 Å². The Bertz CT molecular complexity index is 708. The number of aromatic carboxylic acids is 1. The highest BCUT2D eigenvalue weighted by Crippen LogP contribution is 2.29. The molecule has 0 bridgehead atoms. The van der Waals surface area contributed by atoms with Crippen LogP contribution in [0.4, 0.5) is 11.6 Å². The molecule has 2 rings (SSSR count). The number of anilines is 1. The van der Waals surface area contributed by atoms with Crippen molar-refractivity contribution in [3.63, 3.8) is 0 Å². The minimum absolute atomic E-state index is 0.0423. The Balaban J connectivity index is 2.28. The largest absolute Gasteiger partial charge is 0.476 e. The van der Waals surface area contributed by atoms with Gasteiger partial charge in [-0.2, -0.15) is 0 Å². The third-order valence-corrected chi connectivity index (χ3v) is 3.97. The van der Waals surface area contributed by atoms with Gasteiger partial charge in [-0.25, -0.2) is 9.78 Å². The second-order valence-corrected chi connectivity index (χ2v) is 5.28. The molecule has 0 fully saturated rings. The summed E-state index contributed by atoms with van der Waals surface area (Å²) in [5.74, 6) is -0.609. The Hall–Kier alpha value is -2.49. The molecule has 10 heteroatoms. The molecule has 1 atom stereocenters. The van der Waals surface area contributed by atoms with Crippen molar-refractivity contribution in [1.82, 2.24) is 14.5 Å². The zero-order valence-electron chi connectivity index (χ0n) is 11.5. The summed E-state index contributed by atoms with van der Waals surface area (Å²) in [5.41, 5.74) is -0.0423.